The molecule has 0 aliphatic carbocycles. The quantitative estimate of drug-likeness (QED) is 0.757. The van der Waals surface area contributed by atoms with E-state index < -0.39 is 0 Å². The number of rotatable bonds is 4. The minimum atomic E-state index is 0.114. The van der Waals surface area contributed by atoms with Gasteiger partial charge in [0.15, 0.2) is 0 Å². The Morgan fingerprint density at radius 2 is 1.73 bits per heavy atom. The highest BCUT2D eigenvalue weighted by molar-refractivity contribution is 6.35. The summed E-state index contributed by atoms with van der Waals surface area (Å²) in [6.45, 7) is 5.01. The number of carbonyl (C=O) groups is 1. The van der Waals surface area contributed by atoms with E-state index in [-0.39, 0.29) is 5.91 Å². The highest BCUT2D eigenvalue weighted by atomic mass is 16.2. The molecule has 0 spiro atoms. The van der Waals surface area contributed by atoms with Gasteiger partial charge in [-0.05, 0) is 36.1 Å². The molecule has 0 unspecified atom stereocenters. The first-order chi connectivity index (χ1) is 10.7. The number of anilines is 1. The number of nitrogens with zero attached hydrogens (tertiary/aromatic N) is 1. The van der Waals surface area contributed by atoms with E-state index in [0.29, 0.717) is 0 Å². The summed E-state index contributed by atoms with van der Waals surface area (Å²) in [7, 11) is 0. The number of para-hydroxylation sites is 1. The van der Waals surface area contributed by atoms with Crippen molar-refractivity contribution >= 4 is 23.2 Å². The van der Waals surface area contributed by atoms with Crippen molar-refractivity contribution in [3.63, 3.8) is 0 Å². The van der Waals surface area contributed by atoms with E-state index in [0.717, 1.165) is 41.8 Å². The summed E-state index contributed by atoms with van der Waals surface area (Å²) in [6, 6.07) is 16.5. The first-order valence-electron chi connectivity index (χ1n) is 7.96. The molecule has 2 aromatic rings. The zero-order chi connectivity index (χ0) is 15.5. The van der Waals surface area contributed by atoms with Crippen LogP contribution in [-0.4, -0.2) is 12.5 Å². The third kappa shape index (κ3) is 2.57. The number of amides is 1. The van der Waals surface area contributed by atoms with Gasteiger partial charge in [-0.1, -0.05) is 56.3 Å². The van der Waals surface area contributed by atoms with Gasteiger partial charge >= 0.3 is 0 Å². The number of fused-ring (bicyclic) bond motifs is 1. The minimum absolute atomic E-state index is 0.114. The molecule has 2 nitrogen and oxygen atoms in total. The average molecular weight is 291 g/mol. The van der Waals surface area contributed by atoms with Gasteiger partial charge < -0.3 is 4.90 Å². The molecule has 2 heteroatoms. The van der Waals surface area contributed by atoms with Gasteiger partial charge in [0.2, 0.25) is 0 Å². The van der Waals surface area contributed by atoms with Crippen LogP contribution < -0.4 is 4.90 Å². The van der Waals surface area contributed by atoms with Crippen molar-refractivity contribution in [1.29, 1.82) is 0 Å². The standard InChI is InChI=1S/C20H21NO/c1-3-13-21-19-8-6-5-7-17(19)18(20(21)22)14-16-11-9-15(4-2)10-12-16/h5-12,14H,3-4,13H2,1-2H3/b18-14-. The van der Waals surface area contributed by atoms with Gasteiger partial charge in [-0.15, -0.1) is 0 Å². The lowest BCUT2D eigenvalue weighted by Gasteiger charge is -2.15. The van der Waals surface area contributed by atoms with E-state index >= 15 is 0 Å². The first-order valence-corrected chi connectivity index (χ1v) is 7.96. The molecule has 1 aliphatic rings. The van der Waals surface area contributed by atoms with E-state index in [9.17, 15) is 4.79 Å². The Hall–Kier alpha value is -2.35. The maximum Gasteiger partial charge on any atom is 0.258 e. The second-order valence-electron chi connectivity index (χ2n) is 5.63. The summed E-state index contributed by atoms with van der Waals surface area (Å²) in [6.07, 6.45) is 4.00. The highest BCUT2D eigenvalue weighted by Crippen LogP contribution is 2.37. The molecular formula is C20H21NO. The first kappa shape index (κ1) is 14.6. The van der Waals surface area contributed by atoms with Crippen LogP contribution in [0, 0.1) is 0 Å². The minimum Gasteiger partial charge on any atom is -0.308 e. The van der Waals surface area contributed by atoms with Gasteiger partial charge in [0.25, 0.3) is 5.91 Å². The van der Waals surface area contributed by atoms with Crippen LogP contribution in [0.5, 0.6) is 0 Å². The molecule has 1 heterocycles. The van der Waals surface area contributed by atoms with Crippen molar-refractivity contribution < 1.29 is 4.79 Å². The number of hydrogen-bond acceptors (Lipinski definition) is 1. The normalized spacial score (nSPS) is 15.5. The van der Waals surface area contributed by atoms with Crippen molar-refractivity contribution in [3.8, 4) is 0 Å². The van der Waals surface area contributed by atoms with Crippen LogP contribution >= 0.6 is 0 Å². The lowest BCUT2D eigenvalue weighted by atomic mass is 10.0. The molecular weight excluding hydrogens is 270 g/mol. The van der Waals surface area contributed by atoms with E-state index in [1.54, 1.807) is 0 Å². The number of hydrogen-bond donors (Lipinski definition) is 0. The number of benzene rings is 2. The topological polar surface area (TPSA) is 20.3 Å². The molecule has 22 heavy (non-hydrogen) atoms. The SMILES string of the molecule is CCCN1C(=O)/C(=C\c2ccc(CC)cc2)c2ccccc21. The molecule has 0 saturated carbocycles. The Labute approximate surface area is 132 Å². The Kier molecular flexibility index (Phi) is 4.10. The fourth-order valence-electron chi connectivity index (χ4n) is 2.91. The monoisotopic (exact) mass is 291 g/mol. The number of carbonyl (C=O) groups excluding carboxylic acids is 1. The van der Waals surface area contributed by atoms with Crippen molar-refractivity contribution in [2.75, 3.05) is 11.4 Å². The van der Waals surface area contributed by atoms with Gasteiger partial charge in [-0.3, -0.25) is 4.79 Å². The highest BCUT2D eigenvalue weighted by Gasteiger charge is 2.31. The smallest absolute Gasteiger partial charge is 0.258 e. The van der Waals surface area contributed by atoms with Crippen LogP contribution in [0.1, 0.15) is 37.0 Å². The molecule has 0 radical (unpaired) electrons. The maximum atomic E-state index is 12.7. The predicted octanol–water partition coefficient (Wildman–Crippen LogP) is 4.55. The fourth-order valence-corrected chi connectivity index (χ4v) is 2.91. The molecule has 3 rings (SSSR count). The summed E-state index contributed by atoms with van der Waals surface area (Å²) >= 11 is 0. The van der Waals surface area contributed by atoms with Crippen LogP contribution in [0.2, 0.25) is 0 Å². The second-order valence-corrected chi connectivity index (χ2v) is 5.63. The van der Waals surface area contributed by atoms with Crippen molar-refractivity contribution in [1.82, 2.24) is 0 Å². The van der Waals surface area contributed by atoms with E-state index in [4.69, 9.17) is 0 Å². The van der Waals surface area contributed by atoms with E-state index in [2.05, 4.69) is 38.1 Å². The molecule has 0 fully saturated rings. The third-order valence-corrected chi connectivity index (χ3v) is 4.11. The van der Waals surface area contributed by atoms with Crippen LogP contribution in [0.3, 0.4) is 0 Å². The van der Waals surface area contributed by atoms with Gasteiger partial charge in [0, 0.05) is 17.7 Å². The zero-order valence-corrected chi connectivity index (χ0v) is 13.2. The molecule has 112 valence electrons. The lowest BCUT2D eigenvalue weighted by Crippen LogP contribution is -2.26. The van der Waals surface area contributed by atoms with Gasteiger partial charge in [-0.25, -0.2) is 0 Å². The molecule has 0 bridgehead atoms. The summed E-state index contributed by atoms with van der Waals surface area (Å²) in [5.74, 6) is 0.114. The number of aryl methyl sites for hydroxylation is 1. The van der Waals surface area contributed by atoms with Crippen LogP contribution in [0.25, 0.3) is 11.6 Å². The fraction of sp³-hybridized carbons (Fsp3) is 0.250. The van der Waals surface area contributed by atoms with Crippen LogP contribution in [0.4, 0.5) is 5.69 Å². The molecule has 0 saturated heterocycles. The van der Waals surface area contributed by atoms with E-state index in [1.807, 2.05) is 35.2 Å². The van der Waals surface area contributed by atoms with Crippen molar-refractivity contribution in [3.05, 3.63) is 65.2 Å². The van der Waals surface area contributed by atoms with Crippen LogP contribution in [0.15, 0.2) is 48.5 Å². The Morgan fingerprint density at radius 3 is 2.41 bits per heavy atom. The molecule has 0 N–H and O–H groups in total. The zero-order valence-electron chi connectivity index (χ0n) is 13.2. The molecule has 0 aromatic heterocycles. The largest absolute Gasteiger partial charge is 0.308 e. The summed E-state index contributed by atoms with van der Waals surface area (Å²) in [4.78, 5) is 14.6. The molecule has 0 atom stereocenters. The Bertz CT molecular complexity index is 713. The van der Waals surface area contributed by atoms with Crippen molar-refractivity contribution in [2.24, 2.45) is 0 Å². The molecule has 1 amide bonds. The van der Waals surface area contributed by atoms with E-state index in [1.165, 1.54) is 5.56 Å². The molecule has 1 aliphatic heterocycles. The Morgan fingerprint density at radius 1 is 1.00 bits per heavy atom. The summed E-state index contributed by atoms with van der Waals surface area (Å²) < 4.78 is 0. The van der Waals surface area contributed by atoms with Crippen molar-refractivity contribution in [2.45, 2.75) is 26.7 Å². The average Bonchev–Trinajstić information content (AvgIpc) is 2.82. The predicted molar refractivity (Wildman–Crippen MR) is 92.8 cm³/mol. The van der Waals surface area contributed by atoms with Crippen LogP contribution in [-0.2, 0) is 11.2 Å². The lowest BCUT2D eigenvalue weighted by molar-refractivity contribution is -0.113. The second kappa shape index (κ2) is 6.18. The van der Waals surface area contributed by atoms with Gasteiger partial charge in [0.05, 0.1) is 5.69 Å². The summed E-state index contributed by atoms with van der Waals surface area (Å²) in [5, 5.41) is 0. The third-order valence-electron chi connectivity index (χ3n) is 4.11. The van der Waals surface area contributed by atoms with Gasteiger partial charge in [-0.2, -0.15) is 0 Å². The molecule has 2 aromatic carbocycles. The Balaban J connectivity index is 2.02. The van der Waals surface area contributed by atoms with Gasteiger partial charge in [0.1, 0.15) is 0 Å². The summed E-state index contributed by atoms with van der Waals surface area (Å²) in [5.41, 5.74) is 5.27. The maximum absolute atomic E-state index is 12.7.